The van der Waals surface area contributed by atoms with E-state index in [2.05, 4.69) is 63.7 Å². The van der Waals surface area contributed by atoms with E-state index in [0.29, 0.717) is 0 Å². The maximum absolute atomic E-state index is 10.7. The molecule has 112 valence electrons. The third kappa shape index (κ3) is 3.91. The van der Waals surface area contributed by atoms with Crippen molar-refractivity contribution in [1.29, 1.82) is 0 Å². The molecule has 0 unspecified atom stereocenters. The van der Waals surface area contributed by atoms with Crippen LogP contribution in [0.2, 0.25) is 0 Å². The first-order valence-electron chi connectivity index (χ1n) is 6.06. The number of aliphatic hydroxyl groups is 1. The first-order valence-corrected chi connectivity index (χ1v) is 9.24. The molecule has 0 bridgehead atoms. The topological polar surface area (TPSA) is 29.5 Å². The average Bonchev–Trinajstić information content (AvgIpc) is 2.46. The van der Waals surface area contributed by atoms with Gasteiger partial charge in [-0.25, -0.2) is 0 Å². The molecule has 6 heteroatoms. The van der Waals surface area contributed by atoms with E-state index < -0.39 is 6.10 Å². The Morgan fingerprint density at radius 1 is 1.05 bits per heavy atom. The summed E-state index contributed by atoms with van der Waals surface area (Å²) in [5.74, 6) is 0.688. The van der Waals surface area contributed by atoms with Gasteiger partial charge in [-0.2, -0.15) is 0 Å². The first-order chi connectivity index (χ1) is 9.95. The molecule has 0 fully saturated rings. The SMILES string of the molecule is COc1ccc([C@H]2C=CC(=C(Br)Br)C(=C(Br)Br)[C@H]2O)cc1. The molecule has 0 radical (unpaired) electrons. The second-order valence-corrected chi connectivity index (χ2v) is 9.75. The van der Waals surface area contributed by atoms with Gasteiger partial charge < -0.3 is 9.84 Å². The van der Waals surface area contributed by atoms with E-state index in [1.807, 2.05) is 36.4 Å². The normalized spacial score (nSPS) is 21.4. The molecule has 0 amide bonds. The lowest BCUT2D eigenvalue weighted by Gasteiger charge is -2.28. The maximum atomic E-state index is 10.7. The van der Waals surface area contributed by atoms with Crippen molar-refractivity contribution in [2.75, 3.05) is 7.11 Å². The molecule has 1 aromatic rings. The molecule has 0 aromatic heterocycles. The lowest BCUT2D eigenvalue weighted by Crippen LogP contribution is -2.24. The smallest absolute Gasteiger partial charge is 0.118 e. The minimum absolute atomic E-state index is 0.112. The molecule has 2 atom stereocenters. The van der Waals surface area contributed by atoms with Gasteiger partial charge in [0.25, 0.3) is 0 Å². The second-order valence-electron chi connectivity index (χ2n) is 4.45. The van der Waals surface area contributed by atoms with Gasteiger partial charge in [-0.3, -0.25) is 0 Å². The molecule has 0 heterocycles. The third-order valence-corrected chi connectivity index (χ3v) is 5.01. The van der Waals surface area contributed by atoms with Gasteiger partial charge in [-0.15, -0.1) is 0 Å². The number of ether oxygens (including phenoxy) is 1. The molecule has 1 N–H and O–H groups in total. The summed E-state index contributed by atoms with van der Waals surface area (Å²) in [4.78, 5) is 0. The van der Waals surface area contributed by atoms with Crippen molar-refractivity contribution in [3.05, 3.63) is 59.9 Å². The Morgan fingerprint density at radius 2 is 1.67 bits per heavy atom. The Kier molecular flexibility index (Phi) is 6.32. The van der Waals surface area contributed by atoms with Crippen LogP contribution in [0, 0.1) is 0 Å². The van der Waals surface area contributed by atoms with Crippen molar-refractivity contribution in [2.45, 2.75) is 12.0 Å². The summed E-state index contributed by atoms with van der Waals surface area (Å²) in [6, 6.07) is 7.73. The molecule has 0 aliphatic heterocycles. The summed E-state index contributed by atoms with van der Waals surface area (Å²) >= 11 is 13.6. The summed E-state index contributed by atoms with van der Waals surface area (Å²) in [6.45, 7) is 0. The van der Waals surface area contributed by atoms with Crippen LogP contribution in [-0.4, -0.2) is 18.3 Å². The standard InChI is InChI=1S/C15H12Br4O2/c1-21-9-4-2-8(3-5-9)10-6-7-11(14(16)17)12(13(10)20)15(18)19/h2-7,10,13,20H,1H3/t10-,13+/m1/s1. The zero-order valence-corrected chi connectivity index (χ0v) is 17.3. The van der Waals surface area contributed by atoms with Crippen LogP contribution in [0.4, 0.5) is 0 Å². The fraction of sp³-hybridized carbons (Fsp3) is 0.200. The number of benzene rings is 1. The fourth-order valence-electron chi connectivity index (χ4n) is 2.23. The molecular formula is C15H12Br4O2. The lowest BCUT2D eigenvalue weighted by atomic mass is 9.82. The van der Waals surface area contributed by atoms with E-state index in [9.17, 15) is 5.11 Å². The maximum Gasteiger partial charge on any atom is 0.118 e. The third-order valence-electron chi connectivity index (χ3n) is 3.30. The fourth-order valence-corrected chi connectivity index (χ4v) is 3.82. The molecule has 1 aliphatic carbocycles. The summed E-state index contributed by atoms with van der Waals surface area (Å²) < 4.78 is 6.70. The van der Waals surface area contributed by atoms with Crippen molar-refractivity contribution in [3.63, 3.8) is 0 Å². The number of hydrogen-bond donors (Lipinski definition) is 1. The summed E-state index contributed by atoms with van der Waals surface area (Å²) in [5.41, 5.74) is 2.72. The molecule has 0 saturated carbocycles. The highest BCUT2D eigenvalue weighted by atomic mass is 79.9. The highest BCUT2D eigenvalue weighted by Gasteiger charge is 2.30. The monoisotopic (exact) mass is 540 g/mol. The predicted molar refractivity (Wildman–Crippen MR) is 101 cm³/mol. The van der Waals surface area contributed by atoms with Gasteiger partial charge in [0.15, 0.2) is 0 Å². The van der Waals surface area contributed by atoms with Crippen LogP contribution in [0.25, 0.3) is 0 Å². The van der Waals surface area contributed by atoms with Crippen molar-refractivity contribution < 1.29 is 9.84 Å². The van der Waals surface area contributed by atoms with E-state index in [4.69, 9.17) is 4.74 Å². The highest BCUT2D eigenvalue weighted by molar-refractivity contribution is 9.28. The minimum atomic E-state index is -0.655. The van der Waals surface area contributed by atoms with Gasteiger partial charge in [-0.1, -0.05) is 24.3 Å². The summed E-state index contributed by atoms with van der Waals surface area (Å²) in [7, 11) is 1.64. The Labute approximate surface area is 157 Å². The minimum Gasteiger partial charge on any atom is -0.497 e. The molecule has 21 heavy (non-hydrogen) atoms. The van der Waals surface area contributed by atoms with E-state index in [1.165, 1.54) is 0 Å². The number of aliphatic hydroxyl groups excluding tert-OH is 1. The van der Waals surface area contributed by atoms with Crippen LogP contribution in [-0.2, 0) is 0 Å². The van der Waals surface area contributed by atoms with Crippen LogP contribution >= 0.6 is 63.7 Å². The molecule has 1 aliphatic rings. The van der Waals surface area contributed by atoms with Gasteiger partial charge in [0, 0.05) is 17.1 Å². The van der Waals surface area contributed by atoms with E-state index in [0.717, 1.165) is 29.2 Å². The van der Waals surface area contributed by atoms with Crippen LogP contribution in [0.1, 0.15) is 11.5 Å². The van der Waals surface area contributed by atoms with Crippen molar-refractivity contribution >= 4 is 63.7 Å². The number of hydrogen-bond acceptors (Lipinski definition) is 2. The van der Waals surface area contributed by atoms with E-state index in [-0.39, 0.29) is 5.92 Å². The van der Waals surface area contributed by atoms with Crippen molar-refractivity contribution in [2.24, 2.45) is 0 Å². The number of allylic oxidation sites excluding steroid dienone is 1. The summed E-state index contributed by atoms with van der Waals surface area (Å²) in [5, 5.41) is 10.7. The molecule has 0 saturated heterocycles. The van der Waals surface area contributed by atoms with Gasteiger partial charge in [0.1, 0.15) is 5.75 Å². The number of rotatable bonds is 2. The van der Waals surface area contributed by atoms with Crippen LogP contribution in [0.5, 0.6) is 5.75 Å². The predicted octanol–water partition coefficient (Wildman–Crippen LogP) is 5.71. The van der Waals surface area contributed by atoms with Gasteiger partial charge in [0.05, 0.1) is 20.0 Å². The molecule has 2 rings (SSSR count). The molecule has 1 aromatic carbocycles. The number of methoxy groups -OCH3 is 1. The second kappa shape index (κ2) is 7.59. The first kappa shape index (κ1) is 17.5. The molecular weight excluding hydrogens is 532 g/mol. The Bertz CT molecular complexity index is 609. The van der Waals surface area contributed by atoms with Crippen molar-refractivity contribution in [1.82, 2.24) is 0 Å². The van der Waals surface area contributed by atoms with Gasteiger partial charge in [-0.05, 0) is 81.4 Å². The Morgan fingerprint density at radius 3 is 2.14 bits per heavy atom. The Hall–Kier alpha value is 0.120. The Balaban J connectivity index is 2.45. The van der Waals surface area contributed by atoms with Gasteiger partial charge >= 0.3 is 0 Å². The van der Waals surface area contributed by atoms with Crippen LogP contribution in [0.15, 0.2) is 54.3 Å². The average molecular weight is 544 g/mol. The molecule has 2 nitrogen and oxygen atoms in total. The van der Waals surface area contributed by atoms with E-state index in [1.54, 1.807) is 7.11 Å². The zero-order valence-electron chi connectivity index (χ0n) is 11.0. The van der Waals surface area contributed by atoms with E-state index >= 15 is 0 Å². The summed E-state index contributed by atoms with van der Waals surface area (Å²) in [6.07, 6.45) is 3.33. The van der Waals surface area contributed by atoms with Crippen molar-refractivity contribution in [3.8, 4) is 5.75 Å². The van der Waals surface area contributed by atoms with Crippen LogP contribution in [0.3, 0.4) is 0 Å². The zero-order chi connectivity index (χ0) is 15.6. The lowest BCUT2D eigenvalue weighted by molar-refractivity contribution is 0.195. The molecule has 0 spiro atoms. The highest BCUT2D eigenvalue weighted by Crippen LogP contribution is 2.42. The number of halogens is 4. The quantitative estimate of drug-likeness (QED) is 0.518. The largest absolute Gasteiger partial charge is 0.497 e. The van der Waals surface area contributed by atoms with Crippen LogP contribution < -0.4 is 4.74 Å². The van der Waals surface area contributed by atoms with Gasteiger partial charge in [0.2, 0.25) is 0 Å².